The molecular formula is C20H26N2O5S. The summed E-state index contributed by atoms with van der Waals surface area (Å²) in [7, 11) is -2.04. The van der Waals surface area contributed by atoms with Crippen molar-refractivity contribution in [3.05, 3.63) is 47.4 Å². The van der Waals surface area contributed by atoms with Gasteiger partial charge in [-0.25, -0.2) is 8.42 Å². The summed E-state index contributed by atoms with van der Waals surface area (Å²) in [4.78, 5) is 12.7. The fraction of sp³-hybridized carbons (Fsp3) is 0.450. The second kappa shape index (κ2) is 8.36. The summed E-state index contributed by atoms with van der Waals surface area (Å²) >= 11 is 0. The Morgan fingerprint density at radius 2 is 1.96 bits per heavy atom. The molecule has 0 radical (unpaired) electrons. The second-order valence-corrected chi connectivity index (χ2v) is 8.97. The van der Waals surface area contributed by atoms with Gasteiger partial charge in [0, 0.05) is 19.0 Å². The van der Waals surface area contributed by atoms with Gasteiger partial charge < -0.3 is 14.5 Å². The van der Waals surface area contributed by atoms with Gasteiger partial charge in [-0.05, 0) is 62.1 Å². The minimum Gasteiger partial charge on any atom is -0.496 e. The van der Waals surface area contributed by atoms with Gasteiger partial charge in [-0.2, -0.15) is 4.31 Å². The number of carbonyl (C=O) groups is 1. The van der Waals surface area contributed by atoms with E-state index in [9.17, 15) is 13.2 Å². The van der Waals surface area contributed by atoms with Gasteiger partial charge in [0.1, 0.15) is 11.5 Å². The van der Waals surface area contributed by atoms with E-state index in [1.54, 1.807) is 44.6 Å². The van der Waals surface area contributed by atoms with Crippen molar-refractivity contribution in [1.29, 1.82) is 0 Å². The molecule has 0 unspecified atom stereocenters. The maximum atomic E-state index is 13.1. The molecule has 1 aromatic carbocycles. The second-order valence-electron chi connectivity index (χ2n) is 7.06. The Balaban J connectivity index is 1.63. The number of aryl methyl sites for hydroxylation is 2. The molecule has 3 rings (SSSR count). The van der Waals surface area contributed by atoms with Crippen molar-refractivity contribution in [3.8, 4) is 5.75 Å². The molecule has 0 bridgehead atoms. The molecule has 1 aliphatic rings. The predicted octanol–water partition coefficient (Wildman–Crippen LogP) is 2.62. The maximum Gasteiger partial charge on any atom is 0.243 e. The van der Waals surface area contributed by atoms with Gasteiger partial charge in [0.2, 0.25) is 15.9 Å². The molecule has 1 saturated heterocycles. The zero-order chi connectivity index (χ0) is 20.3. The van der Waals surface area contributed by atoms with Gasteiger partial charge in [0.25, 0.3) is 0 Å². The zero-order valence-corrected chi connectivity index (χ0v) is 17.2. The van der Waals surface area contributed by atoms with Crippen molar-refractivity contribution in [3.63, 3.8) is 0 Å². The number of furan rings is 1. The molecule has 7 nitrogen and oxygen atoms in total. The summed E-state index contributed by atoms with van der Waals surface area (Å²) in [6.45, 7) is 4.59. The molecule has 1 fully saturated rings. The first-order chi connectivity index (χ1) is 13.3. The summed E-state index contributed by atoms with van der Waals surface area (Å²) in [5.74, 6) is 1.10. The predicted molar refractivity (Wildman–Crippen MR) is 105 cm³/mol. The van der Waals surface area contributed by atoms with E-state index in [4.69, 9.17) is 9.15 Å². The Hall–Kier alpha value is -2.32. The number of hydrogen-bond acceptors (Lipinski definition) is 5. The van der Waals surface area contributed by atoms with Crippen molar-refractivity contribution in [1.82, 2.24) is 9.62 Å². The topological polar surface area (TPSA) is 88.9 Å². The molecule has 2 aromatic rings. The molecular weight excluding hydrogens is 380 g/mol. The number of rotatable bonds is 6. The molecule has 1 aromatic heterocycles. The normalized spacial score (nSPS) is 16.1. The summed E-state index contributed by atoms with van der Waals surface area (Å²) < 4.78 is 38.1. The number of ether oxygens (including phenoxy) is 1. The lowest BCUT2D eigenvalue weighted by atomic mass is 9.97. The van der Waals surface area contributed by atoms with E-state index in [0.717, 1.165) is 5.56 Å². The number of nitrogens with one attached hydrogen (secondary N) is 1. The number of sulfonamides is 1. The number of piperidine rings is 1. The Bertz CT molecular complexity index is 930. The molecule has 0 saturated carbocycles. The number of hydrogen-bond donors (Lipinski definition) is 1. The van der Waals surface area contributed by atoms with Gasteiger partial charge in [-0.3, -0.25) is 4.79 Å². The largest absolute Gasteiger partial charge is 0.496 e. The molecule has 0 spiro atoms. The lowest BCUT2D eigenvalue weighted by Crippen LogP contribution is -2.43. The SMILES string of the molecule is COc1cc(C)c(S(=O)(=O)N2CCC(C(=O)NCc3ccco3)CC2)cc1C. The van der Waals surface area contributed by atoms with E-state index >= 15 is 0 Å². The monoisotopic (exact) mass is 406 g/mol. The van der Waals surface area contributed by atoms with Crippen molar-refractivity contribution in [2.45, 2.75) is 38.1 Å². The fourth-order valence-electron chi connectivity index (χ4n) is 3.49. The summed E-state index contributed by atoms with van der Waals surface area (Å²) in [5, 5.41) is 2.85. The van der Waals surface area contributed by atoms with E-state index < -0.39 is 10.0 Å². The summed E-state index contributed by atoms with van der Waals surface area (Å²) in [6.07, 6.45) is 2.56. The number of nitrogens with zero attached hydrogens (tertiary/aromatic N) is 1. The Labute approximate surface area is 165 Å². The smallest absolute Gasteiger partial charge is 0.243 e. The van der Waals surface area contributed by atoms with Gasteiger partial charge in [0.15, 0.2) is 0 Å². The van der Waals surface area contributed by atoms with Gasteiger partial charge in [0.05, 0.1) is 24.8 Å². The molecule has 0 aliphatic carbocycles. The van der Waals surface area contributed by atoms with Crippen LogP contribution >= 0.6 is 0 Å². The molecule has 1 aliphatic heterocycles. The lowest BCUT2D eigenvalue weighted by molar-refractivity contribution is -0.126. The summed E-state index contributed by atoms with van der Waals surface area (Å²) in [5.41, 5.74) is 1.43. The van der Waals surface area contributed by atoms with Crippen molar-refractivity contribution in [2.24, 2.45) is 5.92 Å². The van der Waals surface area contributed by atoms with Gasteiger partial charge >= 0.3 is 0 Å². The number of carbonyl (C=O) groups excluding carboxylic acids is 1. The number of benzene rings is 1. The minimum atomic E-state index is -3.61. The van der Waals surface area contributed by atoms with E-state index in [1.165, 1.54) is 4.31 Å². The van der Waals surface area contributed by atoms with E-state index in [-0.39, 0.29) is 11.8 Å². The van der Waals surface area contributed by atoms with Crippen molar-refractivity contribution in [2.75, 3.05) is 20.2 Å². The molecule has 0 atom stereocenters. The van der Waals surface area contributed by atoms with Crippen LogP contribution in [0.15, 0.2) is 39.8 Å². The van der Waals surface area contributed by atoms with Crippen LogP contribution in [-0.2, 0) is 21.4 Å². The third-order valence-electron chi connectivity index (χ3n) is 5.15. The third-order valence-corrected chi connectivity index (χ3v) is 7.19. The van der Waals surface area contributed by atoms with Gasteiger partial charge in [-0.1, -0.05) is 0 Å². The first kappa shape index (κ1) is 20.4. The highest BCUT2D eigenvalue weighted by Gasteiger charge is 2.33. The van der Waals surface area contributed by atoms with Crippen LogP contribution in [0.5, 0.6) is 5.75 Å². The van der Waals surface area contributed by atoms with Gasteiger partial charge in [-0.15, -0.1) is 0 Å². The highest BCUT2D eigenvalue weighted by molar-refractivity contribution is 7.89. The maximum absolute atomic E-state index is 13.1. The average Bonchev–Trinajstić information content (AvgIpc) is 3.21. The molecule has 1 N–H and O–H groups in total. The quantitative estimate of drug-likeness (QED) is 0.797. The van der Waals surface area contributed by atoms with Crippen LogP contribution < -0.4 is 10.1 Å². The highest BCUT2D eigenvalue weighted by Crippen LogP contribution is 2.30. The zero-order valence-electron chi connectivity index (χ0n) is 16.4. The Kier molecular flexibility index (Phi) is 6.10. The standard InChI is InChI=1S/C20H26N2O5S/c1-14-12-19(15(2)11-18(14)26-3)28(24,25)22-8-6-16(7-9-22)20(23)21-13-17-5-4-10-27-17/h4-5,10-12,16H,6-9,13H2,1-3H3,(H,21,23). The first-order valence-corrected chi connectivity index (χ1v) is 10.7. The fourth-order valence-corrected chi connectivity index (χ4v) is 5.25. The molecule has 152 valence electrons. The van der Waals surface area contributed by atoms with Crippen LogP contribution in [0.25, 0.3) is 0 Å². The molecule has 28 heavy (non-hydrogen) atoms. The Morgan fingerprint density at radius 3 is 2.57 bits per heavy atom. The van der Waals surface area contributed by atoms with Crippen LogP contribution in [0, 0.1) is 19.8 Å². The number of amides is 1. The van der Waals surface area contributed by atoms with Crippen molar-refractivity contribution >= 4 is 15.9 Å². The van der Waals surface area contributed by atoms with Crippen LogP contribution in [0.1, 0.15) is 29.7 Å². The average molecular weight is 407 g/mol. The first-order valence-electron chi connectivity index (χ1n) is 9.28. The summed E-state index contributed by atoms with van der Waals surface area (Å²) in [6, 6.07) is 6.98. The highest BCUT2D eigenvalue weighted by atomic mass is 32.2. The Morgan fingerprint density at radius 1 is 1.25 bits per heavy atom. The van der Waals surface area contributed by atoms with Crippen LogP contribution in [0.3, 0.4) is 0 Å². The van der Waals surface area contributed by atoms with Crippen molar-refractivity contribution < 1.29 is 22.4 Å². The van der Waals surface area contributed by atoms with E-state index in [0.29, 0.717) is 54.4 Å². The van der Waals surface area contributed by atoms with Crippen LogP contribution in [0.4, 0.5) is 0 Å². The van der Waals surface area contributed by atoms with E-state index in [2.05, 4.69) is 5.32 Å². The molecule has 2 heterocycles. The minimum absolute atomic E-state index is 0.0649. The third kappa shape index (κ3) is 4.23. The molecule has 1 amide bonds. The lowest BCUT2D eigenvalue weighted by Gasteiger charge is -2.31. The van der Waals surface area contributed by atoms with Crippen LogP contribution in [0.2, 0.25) is 0 Å². The number of methoxy groups -OCH3 is 1. The molecule has 8 heteroatoms. The van der Waals surface area contributed by atoms with E-state index in [1.807, 2.05) is 6.92 Å². The van der Waals surface area contributed by atoms with Crippen LogP contribution in [-0.4, -0.2) is 38.8 Å².